The summed E-state index contributed by atoms with van der Waals surface area (Å²) in [5, 5.41) is 0. The number of carbonyl (C=O) groups excluding carboxylic acids is 1. The maximum atomic E-state index is 12.4. The number of ketones is 1. The SMILES string of the molecule is COc1cc(N)c(C(=O)c2ccccc2)cc1OC. The van der Waals surface area contributed by atoms with Crippen LogP contribution in [0.5, 0.6) is 11.5 Å². The first-order valence-corrected chi connectivity index (χ1v) is 5.78. The molecular formula is C15H15NO3. The highest BCUT2D eigenvalue weighted by atomic mass is 16.5. The molecule has 0 saturated carbocycles. The van der Waals surface area contributed by atoms with Gasteiger partial charge in [0.25, 0.3) is 0 Å². The van der Waals surface area contributed by atoms with Crippen LogP contribution in [0.4, 0.5) is 5.69 Å². The van der Waals surface area contributed by atoms with E-state index < -0.39 is 0 Å². The highest BCUT2D eigenvalue weighted by Gasteiger charge is 2.16. The second kappa shape index (κ2) is 5.44. The van der Waals surface area contributed by atoms with Crippen molar-refractivity contribution >= 4 is 11.5 Å². The molecule has 2 N–H and O–H groups in total. The molecule has 0 amide bonds. The molecule has 0 unspecified atom stereocenters. The Morgan fingerprint density at radius 3 is 2.16 bits per heavy atom. The monoisotopic (exact) mass is 257 g/mol. The standard InChI is InChI=1S/C15H15NO3/c1-18-13-8-11(12(16)9-14(13)19-2)15(17)10-6-4-3-5-7-10/h3-9H,16H2,1-2H3. The van der Waals surface area contributed by atoms with E-state index in [0.29, 0.717) is 28.3 Å². The largest absolute Gasteiger partial charge is 0.493 e. The van der Waals surface area contributed by atoms with Gasteiger partial charge in [-0.2, -0.15) is 0 Å². The maximum absolute atomic E-state index is 12.4. The van der Waals surface area contributed by atoms with Gasteiger partial charge in [0.2, 0.25) is 0 Å². The minimum absolute atomic E-state index is 0.140. The molecule has 0 heterocycles. The number of methoxy groups -OCH3 is 2. The fraction of sp³-hybridized carbons (Fsp3) is 0.133. The average Bonchev–Trinajstić information content (AvgIpc) is 2.47. The van der Waals surface area contributed by atoms with E-state index in [2.05, 4.69) is 0 Å². The number of nitrogen functional groups attached to an aromatic ring is 1. The summed E-state index contributed by atoms with van der Waals surface area (Å²) in [4.78, 5) is 12.4. The Morgan fingerprint density at radius 1 is 1.00 bits per heavy atom. The lowest BCUT2D eigenvalue weighted by molar-refractivity contribution is 0.103. The number of nitrogens with two attached hydrogens (primary N) is 1. The summed E-state index contributed by atoms with van der Waals surface area (Å²) in [6.45, 7) is 0. The molecular weight excluding hydrogens is 242 g/mol. The first-order chi connectivity index (χ1) is 9.17. The maximum Gasteiger partial charge on any atom is 0.195 e. The number of hydrogen-bond acceptors (Lipinski definition) is 4. The van der Waals surface area contributed by atoms with E-state index >= 15 is 0 Å². The number of benzene rings is 2. The van der Waals surface area contributed by atoms with Crippen LogP contribution in [-0.4, -0.2) is 20.0 Å². The molecule has 0 aromatic heterocycles. The number of anilines is 1. The van der Waals surface area contributed by atoms with E-state index in [9.17, 15) is 4.79 Å². The van der Waals surface area contributed by atoms with Gasteiger partial charge in [-0.05, 0) is 6.07 Å². The van der Waals surface area contributed by atoms with Crippen molar-refractivity contribution in [2.24, 2.45) is 0 Å². The molecule has 0 saturated heterocycles. The van der Waals surface area contributed by atoms with Crippen molar-refractivity contribution in [3.63, 3.8) is 0 Å². The van der Waals surface area contributed by atoms with Gasteiger partial charge in [-0.15, -0.1) is 0 Å². The van der Waals surface area contributed by atoms with E-state index in [1.807, 2.05) is 18.2 Å². The van der Waals surface area contributed by atoms with E-state index in [1.54, 1.807) is 24.3 Å². The van der Waals surface area contributed by atoms with Gasteiger partial charge in [0.15, 0.2) is 17.3 Å². The van der Waals surface area contributed by atoms with Crippen LogP contribution in [-0.2, 0) is 0 Å². The molecule has 0 spiro atoms. The third-order valence-corrected chi connectivity index (χ3v) is 2.84. The molecule has 0 aliphatic carbocycles. The van der Waals surface area contributed by atoms with Crippen molar-refractivity contribution in [1.82, 2.24) is 0 Å². The molecule has 0 aliphatic heterocycles. The van der Waals surface area contributed by atoms with Gasteiger partial charge in [0, 0.05) is 22.9 Å². The molecule has 19 heavy (non-hydrogen) atoms. The van der Waals surface area contributed by atoms with E-state index in [-0.39, 0.29) is 5.78 Å². The van der Waals surface area contributed by atoms with E-state index in [1.165, 1.54) is 14.2 Å². The van der Waals surface area contributed by atoms with Crippen LogP contribution in [0.25, 0.3) is 0 Å². The van der Waals surface area contributed by atoms with E-state index in [4.69, 9.17) is 15.2 Å². The predicted molar refractivity (Wildman–Crippen MR) is 73.8 cm³/mol. The van der Waals surface area contributed by atoms with Gasteiger partial charge >= 0.3 is 0 Å². The molecule has 2 aromatic carbocycles. The lowest BCUT2D eigenvalue weighted by Gasteiger charge is -2.11. The zero-order valence-electron chi connectivity index (χ0n) is 10.8. The Balaban J connectivity index is 2.48. The molecule has 0 radical (unpaired) electrons. The Kier molecular flexibility index (Phi) is 3.71. The summed E-state index contributed by atoms with van der Waals surface area (Å²) in [5.74, 6) is 0.847. The van der Waals surface area contributed by atoms with Crippen molar-refractivity contribution < 1.29 is 14.3 Å². The summed E-state index contributed by atoms with van der Waals surface area (Å²) in [7, 11) is 3.04. The summed E-state index contributed by atoms with van der Waals surface area (Å²) >= 11 is 0. The van der Waals surface area contributed by atoms with Gasteiger partial charge in [0.1, 0.15) is 0 Å². The quantitative estimate of drug-likeness (QED) is 0.675. The lowest BCUT2D eigenvalue weighted by atomic mass is 10.0. The van der Waals surface area contributed by atoms with Gasteiger partial charge in [-0.25, -0.2) is 0 Å². The number of ether oxygens (including phenoxy) is 2. The minimum Gasteiger partial charge on any atom is -0.493 e. The third-order valence-electron chi connectivity index (χ3n) is 2.84. The van der Waals surface area contributed by atoms with Gasteiger partial charge in [-0.1, -0.05) is 30.3 Å². The van der Waals surface area contributed by atoms with Crippen molar-refractivity contribution in [1.29, 1.82) is 0 Å². The van der Waals surface area contributed by atoms with Gasteiger partial charge in [0.05, 0.1) is 14.2 Å². The number of rotatable bonds is 4. The Hall–Kier alpha value is -2.49. The topological polar surface area (TPSA) is 61.5 Å². The van der Waals surface area contributed by atoms with Crippen LogP contribution in [0.15, 0.2) is 42.5 Å². The van der Waals surface area contributed by atoms with Crippen molar-refractivity contribution in [3.8, 4) is 11.5 Å². The van der Waals surface area contributed by atoms with Crippen LogP contribution in [0.2, 0.25) is 0 Å². The van der Waals surface area contributed by atoms with Gasteiger partial charge < -0.3 is 15.2 Å². The van der Waals surface area contributed by atoms with Crippen LogP contribution in [0.3, 0.4) is 0 Å². The summed E-state index contributed by atoms with van der Waals surface area (Å²) in [5.41, 5.74) is 7.26. The molecule has 4 heteroatoms. The molecule has 0 fully saturated rings. The molecule has 2 rings (SSSR count). The molecule has 0 atom stereocenters. The first kappa shape index (κ1) is 13.0. The summed E-state index contributed by atoms with van der Waals surface area (Å²) in [6.07, 6.45) is 0. The molecule has 0 bridgehead atoms. The third kappa shape index (κ3) is 2.52. The van der Waals surface area contributed by atoms with Crippen LogP contribution >= 0.6 is 0 Å². The van der Waals surface area contributed by atoms with Gasteiger partial charge in [-0.3, -0.25) is 4.79 Å². The molecule has 98 valence electrons. The van der Waals surface area contributed by atoms with Crippen molar-refractivity contribution in [2.75, 3.05) is 20.0 Å². The van der Waals surface area contributed by atoms with E-state index in [0.717, 1.165) is 0 Å². The second-order valence-electron chi connectivity index (χ2n) is 3.99. The second-order valence-corrected chi connectivity index (χ2v) is 3.99. The normalized spacial score (nSPS) is 10.0. The minimum atomic E-state index is -0.140. The highest BCUT2D eigenvalue weighted by Crippen LogP contribution is 2.32. The average molecular weight is 257 g/mol. The predicted octanol–water partition coefficient (Wildman–Crippen LogP) is 2.52. The first-order valence-electron chi connectivity index (χ1n) is 5.78. The van der Waals surface area contributed by atoms with Crippen molar-refractivity contribution in [3.05, 3.63) is 53.6 Å². The fourth-order valence-electron chi connectivity index (χ4n) is 1.84. The van der Waals surface area contributed by atoms with Crippen LogP contribution in [0, 0.1) is 0 Å². The summed E-state index contributed by atoms with van der Waals surface area (Å²) < 4.78 is 10.3. The Morgan fingerprint density at radius 2 is 1.58 bits per heavy atom. The summed E-state index contributed by atoms with van der Waals surface area (Å²) in [6, 6.07) is 12.2. The van der Waals surface area contributed by atoms with Crippen molar-refractivity contribution in [2.45, 2.75) is 0 Å². The molecule has 4 nitrogen and oxygen atoms in total. The number of hydrogen-bond donors (Lipinski definition) is 1. The highest BCUT2D eigenvalue weighted by molar-refractivity contribution is 6.12. The molecule has 2 aromatic rings. The number of carbonyl (C=O) groups is 1. The fourth-order valence-corrected chi connectivity index (χ4v) is 1.84. The van der Waals surface area contributed by atoms with Crippen LogP contribution < -0.4 is 15.2 Å². The molecule has 0 aliphatic rings. The Bertz CT molecular complexity index is 594. The zero-order chi connectivity index (χ0) is 13.8. The smallest absolute Gasteiger partial charge is 0.195 e. The Labute approximate surface area is 111 Å². The zero-order valence-corrected chi connectivity index (χ0v) is 10.8. The lowest BCUT2D eigenvalue weighted by Crippen LogP contribution is -2.06. The van der Waals surface area contributed by atoms with Crippen LogP contribution in [0.1, 0.15) is 15.9 Å².